The zero-order valence-corrected chi connectivity index (χ0v) is 17.9. The van der Waals surface area contributed by atoms with Crippen LogP contribution in [0.2, 0.25) is 0 Å². The number of halogens is 2. The van der Waals surface area contributed by atoms with Crippen molar-refractivity contribution in [2.75, 3.05) is 0 Å². The van der Waals surface area contributed by atoms with Crippen molar-refractivity contribution in [3.63, 3.8) is 0 Å². The van der Waals surface area contributed by atoms with Crippen LogP contribution >= 0.6 is 0 Å². The van der Waals surface area contributed by atoms with Crippen molar-refractivity contribution in [2.24, 2.45) is 5.92 Å². The van der Waals surface area contributed by atoms with Gasteiger partial charge in [0.1, 0.15) is 23.3 Å². The zero-order valence-electron chi connectivity index (χ0n) is 17.9. The van der Waals surface area contributed by atoms with Gasteiger partial charge in [-0.1, -0.05) is 43.3 Å². The van der Waals surface area contributed by atoms with Gasteiger partial charge in [0.15, 0.2) is 0 Å². The van der Waals surface area contributed by atoms with E-state index in [0.717, 1.165) is 11.6 Å². The highest BCUT2D eigenvalue weighted by Crippen LogP contribution is 2.32. The van der Waals surface area contributed by atoms with Gasteiger partial charge in [-0.05, 0) is 44.9 Å². The molecular formula is C24H28F2O4. The predicted molar refractivity (Wildman–Crippen MR) is 110 cm³/mol. The molecule has 2 rings (SSSR count). The Morgan fingerprint density at radius 3 is 2.20 bits per heavy atom. The van der Waals surface area contributed by atoms with Gasteiger partial charge < -0.3 is 9.47 Å². The molecule has 0 unspecified atom stereocenters. The van der Waals surface area contributed by atoms with Gasteiger partial charge in [0.25, 0.3) is 0 Å². The molecule has 0 fully saturated rings. The third-order valence-corrected chi connectivity index (χ3v) is 4.52. The Bertz CT molecular complexity index is 875. The maximum atomic E-state index is 14.5. The Labute approximate surface area is 176 Å². The molecule has 4 nitrogen and oxygen atoms in total. The number of hydrogen-bond donors (Lipinski definition) is 0. The largest absolute Gasteiger partial charge is 0.461 e. The van der Waals surface area contributed by atoms with Crippen molar-refractivity contribution >= 4 is 11.9 Å². The predicted octanol–water partition coefficient (Wildman–Crippen LogP) is 5.40. The van der Waals surface area contributed by atoms with Crippen LogP contribution in [-0.2, 0) is 19.1 Å². The summed E-state index contributed by atoms with van der Waals surface area (Å²) in [6, 6.07) is 12.3. The molecule has 0 aromatic heterocycles. The van der Waals surface area contributed by atoms with E-state index < -0.39 is 47.1 Å². The van der Waals surface area contributed by atoms with Crippen LogP contribution in [0, 0.1) is 17.6 Å². The molecule has 6 heteroatoms. The average Bonchev–Trinajstić information content (AvgIpc) is 2.63. The minimum atomic E-state index is -0.749. The highest BCUT2D eigenvalue weighted by Gasteiger charge is 2.30. The smallest absolute Gasteiger partial charge is 0.309 e. The van der Waals surface area contributed by atoms with Crippen LogP contribution in [0.3, 0.4) is 0 Å². The summed E-state index contributed by atoms with van der Waals surface area (Å²) < 4.78 is 38.8. The maximum absolute atomic E-state index is 14.5. The van der Waals surface area contributed by atoms with Gasteiger partial charge in [0, 0.05) is 12.0 Å². The van der Waals surface area contributed by atoms with E-state index in [-0.39, 0.29) is 12.0 Å². The molecule has 30 heavy (non-hydrogen) atoms. The van der Waals surface area contributed by atoms with Gasteiger partial charge in [0.05, 0.1) is 12.3 Å². The second kappa shape index (κ2) is 9.83. The normalized spacial score (nSPS) is 14.5. The molecule has 0 saturated heterocycles. The number of ether oxygens (including phenoxy) is 2. The molecule has 0 bridgehead atoms. The number of carbonyl (C=O) groups excluding carboxylic acids is 2. The monoisotopic (exact) mass is 418 g/mol. The van der Waals surface area contributed by atoms with Crippen LogP contribution in [0.15, 0.2) is 48.5 Å². The quantitative estimate of drug-likeness (QED) is 0.565. The number of esters is 2. The van der Waals surface area contributed by atoms with E-state index in [4.69, 9.17) is 9.47 Å². The lowest BCUT2D eigenvalue weighted by molar-refractivity contribution is -0.163. The van der Waals surface area contributed by atoms with Gasteiger partial charge in [-0.2, -0.15) is 0 Å². The van der Waals surface area contributed by atoms with Crippen LogP contribution in [0.4, 0.5) is 8.78 Å². The fourth-order valence-corrected chi connectivity index (χ4v) is 3.20. The van der Waals surface area contributed by atoms with E-state index in [0.29, 0.717) is 0 Å². The fraction of sp³-hybridized carbons (Fsp3) is 0.417. The molecule has 0 saturated carbocycles. The van der Waals surface area contributed by atoms with E-state index in [9.17, 15) is 18.4 Å². The Morgan fingerprint density at radius 2 is 1.63 bits per heavy atom. The summed E-state index contributed by atoms with van der Waals surface area (Å²) in [4.78, 5) is 24.6. The summed E-state index contributed by atoms with van der Waals surface area (Å²) in [6.45, 7) is 8.47. The van der Waals surface area contributed by atoms with Crippen molar-refractivity contribution in [1.82, 2.24) is 0 Å². The van der Waals surface area contributed by atoms with Crippen LogP contribution in [0.5, 0.6) is 0 Å². The van der Waals surface area contributed by atoms with Crippen LogP contribution in [-0.4, -0.2) is 23.6 Å². The van der Waals surface area contributed by atoms with Crippen LogP contribution < -0.4 is 0 Å². The van der Waals surface area contributed by atoms with E-state index in [1.807, 2.05) is 6.07 Å². The summed E-state index contributed by atoms with van der Waals surface area (Å²) in [5, 5.41) is 0. The molecule has 2 aromatic carbocycles. The molecule has 0 spiro atoms. The first-order valence-electron chi connectivity index (χ1n) is 9.90. The molecule has 0 heterocycles. The molecule has 0 amide bonds. The van der Waals surface area contributed by atoms with Crippen molar-refractivity contribution < 1.29 is 27.8 Å². The molecule has 3 atom stereocenters. The van der Waals surface area contributed by atoms with Crippen molar-refractivity contribution in [2.45, 2.75) is 58.7 Å². The van der Waals surface area contributed by atoms with Crippen molar-refractivity contribution in [3.05, 3.63) is 71.3 Å². The number of rotatable bonds is 7. The van der Waals surface area contributed by atoms with Crippen molar-refractivity contribution in [1.29, 1.82) is 0 Å². The first-order chi connectivity index (χ1) is 14.0. The zero-order chi connectivity index (χ0) is 22.5. The molecule has 0 aliphatic heterocycles. The van der Waals surface area contributed by atoms with E-state index in [2.05, 4.69) is 0 Å². The van der Waals surface area contributed by atoms with E-state index >= 15 is 0 Å². The molecule has 0 aliphatic rings. The Kier molecular flexibility index (Phi) is 7.71. The van der Waals surface area contributed by atoms with Gasteiger partial charge in [-0.15, -0.1) is 0 Å². The molecule has 0 aliphatic carbocycles. The second-order valence-electron chi connectivity index (χ2n) is 8.39. The SMILES string of the molecule is C[C@H](CC(=O)OC(C)(C)C)C(=O)O[C@@H](C)[C@@H](c1ccccc1)c1ccc(F)cc1F. The molecule has 162 valence electrons. The van der Waals surface area contributed by atoms with Crippen LogP contribution in [0.1, 0.15) is 58.1 Å². The minimum Gasteiger partial charge on any atom is -0.461 e. The average molecular weight is 418 g/mol. The topological polar surface area (TPSA) is 52.6 Å². The highest BCUT2D eigenvalue weighted by molar-refractivity contribution is 5.80. The number of benzene rings is 2. The Hall–Kier alpha value is -2.76. The second-order valence-corrected chi connectivity index (χ2v) is 8.39. The van der Waals surface area contributed by atoms with Crippen LogP contribution in [0.25, 0.3) is 0 Å². The molecular weight excluding hydrogens is 390 g/mol. The molecule has 0 N–H and O–H groups in total. The summed E-state index contributed by atoms with van der Waals surface area (Å²) >= 11 is 0. The Balaban J connectivity index is 2.19. The summed E-state index contributed by atoms with van der Waals surface area (Å²) in [7, 11) is 0. The van der Waals surface area contributed by atoms with Gasteiger partial charge in [-0.3, -0.25) is 9.59 Å². The number of carbonyl (C=O) groups is 2. The third kappa shape index (κ3) is 6.65. The Morgan fingerprint density at radius 1 is 1.00 bits per heavy atom. The lowest BCUT2D eigenvalue weighted by Gasteiger charge is -2.27. The standard InChI is InChI=1S/C24H28F2O4/c1-15(13-21(27)30-24(3,4)5)23(28)29-16(2)22(17-9-7-6-8-10-17)19-12-11-18(25)14-20(19)26/h6-12,14-16,22H,13H2,1-5H3/t15-,16+,22+/m1/s1. The summed E-state index contributed by atoms with van der Waals surface area (Å²) in [5.74, 6) is -3.84. The van der Waals surface area contributed by atoms with E-state index in [1.54, 1.807) is 58.9 Å². The lowest BCUT2D eigenvalue weighted by Crippen LogP contribution is -2.30. The van der Waals surface area contributed by atoms with Crippen molar-refractivity contribution in [3.8, 4) is 0 Å². The first-order valence-corrected chi connectivity index (χ1v) is 9.90. The first kappa shape index (κ1) is 23.5. The summed E-state index contributed by atoms with van der Waals surface area (Å²) in [6.07, 6.45) is -0.870. The minimum absolute atomic E-state index is 0.121. The summed E-state index contributed by atoms with van der Waals surface area (Å²) in [5.41, 5.74) is 0.303. The number of hydrogen-bond acceptors (Lipinski definition) is 4. The lowest BCUT2D eigenvalue weighted by atomic mass is 9.86. The fourth-order valence-electron chi connectivity index (χ4n) is 3.20. The molecule has 2 aromatic rings. The van der Waals surface area contributed by atoms with E-state index in [1.165, 1.54) is 12.1 Å². The van der Waals surface area contributed by atoms with Gasteiger partial charge >= 0.3 is 11.9 Å². The molecule has 0 radical (unpaired) electrons. The van der Waals surface area contributed by atoms with Gasteiger partial charge in [0.2, 0.25) is 0 Å². The maximum Gasteiger partial charge on any atom is 0.309 e. The van der Waals surface area contributed by atoms with Gasteiger partial charge in [-0.25, -0.2) is 8.78 Å². The third-order valence-electron chi connectivity index (χ3n) is 4.52. The highest BCUT2D eigenvalue weighted by atomic mass is 19.1.